The third kappa shape index (κ3) is 24.6. The Morgan fingerprint density at radius 3 is 1.78 bits per heavy atom. The van der Waals surface area contributed by atoms with Crippen LogP contribution in [0.3, 0.4) is 0 Å². The van der Waals surface area contributed by atoms with Crippen molar-refractivity contribution >= 4 is 24.4 Å². The van der Waals surface area contributed by atoms with E-state index in [1.165, 1.54) is 83.5 Å². The number of amides is 1. The van der Waals surface area contributed by atoms with E-state index in [1.54, 1.807) is 13.8 Å². The standard InChI is InChI=1S/C25H52NO4PS/c1-4-5-6-7-8-9-10-11-12-13-14-15-16-19-22-26-25(27)21-18-17-20-23-29-31(28,32)30-24(2)3/h24H,4-23H2,1-3H3,(H,26,27)(H,28,32)/p-1. The highest BCUT2D eigenvalue weighted by Gasteiger charge is 2.06. The minimum atomic E-state index is -3.35. The Hall–Kier alpha value is -0.0000000000000000763. The summed E-state index contributed by atoms with van der Waals surface area (Å²) in [6, 6.07) is 0. The summed E-state index contributed by atoms with van der Waals surface area (Å²) in [5, 5.41) is 3.01. The molecule has 0 bridgehead atoms. The van der Waals surface area contributed by atoms with E-state index in [1.807, 2.05) is 0 Å². The monoisotopic (exact) mass is 492 g/mol. The van der Waals surface area contributed by atoms with Gasteiger partial charge in [0.25, 0.3) is 0 Å². The van der Waals surface area contributed by atoms with Gasteiger partial charge in [0.2, 0.25) is 5.91 Å². The van der Waals surface area contributed by atoms with Crippen molar-refractivity contribution in [3.05, 3.63) is 0 Å². The van der Waals surface area contributed by atoms with Gasteiger partial charge in [-0.05, 0) is 33.1 Å². The highest BCUT2D eigenvalue weighted by atomic mass is 32.5. The highest BCUT2D eigenvalue weighted by molar-refractivity contribution is 8.06. The van der Waals surface area contributed by atoms with E-state index in [9.17, 15) is 9.69 Å². The zero-order chi connectivity index (χ0) is 23.9. The summed E-state index contributed by atoms with van der Waals surface area (Å²) in [7, 11) is 0. The lowest BCUT2D eigenvalue weighted by Crippen LogP contribution is -2.24. The fraction of sp³-hybridized carbons (Fsp3) is 0.960. The molecule has 0 spiro atoms. The third-order valence-corrected chi connectivity index (χ3v) is 7.24. The van der Waals surface area contributed by atoms with E-state index in [-0.39, 0.29) is 12.0 Å². The summed E-state index contributed by atoms with van der Waals surface area (Å²) in [5.41, 5.74) is 0. The smallest absolute Gasteiger partial charge is 0.219 e. The van der Waals surface area contributed by atoms with E-state index in [4.69, 9.17) is 20.9 Å². The second kappa shape index (κ2) is 22.8. The molecule has 0 saturated heterocycles. The van der Waals surface area contributed by atoms with Crippen LogP contribution in [0.1, 0.15) is 136 Å². The molecular weight excluding hydrogens is 441 g/mol. The summed E-state index contributed by atoms with van der Waals surface area (Å²) in [6.45, 7) is 3.57. The van der Waals surface area contributed by atoms with E-state index in [2.05, 4.69) is 12.2 Å². The molecular formula is C25H51NO4PS-. The Balaban J connectivity index is 3.29. The molecule has 7 heteroatoms. The molecule has 192 valence electrons. The van der Waals surface area contributed by atoms with E-state index < -0.39 is 6.72 Å². The fourth-order valence-corrected chi connectivity index (χ4v) is 5.34. The van der Waals surface area contributed by atoms with Crippen LogP contribution in [0.25, 0.3) is 0 Å². The molecule has 0 radical (unpaired) electrons. The fourth-order valence-electron chi connectivity index (χ4n) is 3.67. The van der Waals surface area contributed by atoms with E-state index >= 15 is 0 Å². The summed E-state index contributed by atoms with van der Waals surface area (Å²) in [5.74, 6) is 0.123. The summed E-state index contributed by atoms with van der Waals surface area (Å²) < 4.78 is 10.2. The van der Waals surface area contributed by atoms with E-state index in [0.717, 1.165) is 32.2 Å². The van der Waals surface area contributed by atoms with Crippen molar-refractivity contribution in [1.29, 1.82) is 0 Å². The number of hydrogen-bond acceptors (Lipinski definition) is 5. The van der Waals surface area contributed by atoms with Gasteiger partial charge in [0, 0.05) is 13.0 Å². The summed E-state index contributed by atoms with van der Waals surface area (Å²) in [6.07, 6.45) is 21.6. The molecule has 0 aliphatic rings. The van der Waals surface area contributed by atoms with Crippen molar-refractivity contribution in [2.45, 2.75) is 142 Å². The van der Waals surface area contributed by atoms with Crippen LogP contribution in [0, 0.1) is 0 Å². The summed E-state index contributed by atoms with van der Waals surface area (Å²) in [4.78, 5) is 23.7. The van der Waals surface area contributed by atoms with Gasteiger partial charge in [-0.1, -0.05) is 109 Å². The lowest BCUT2D eigenvalue weighted by Gasteiger charge is -2.29. The molecule has 0 saturated carbocycles. The number of carbonyl (C=O) groups is 1. The second-order valence-electron chi connectivity index (χ2n) is 9.19. The maximum atomic E-state index is 11.9. The number of carbonyl (C=O) groups excluding carboxylic acids is 1. The van der Waals surface area contributed by atoms with Crippen LogP contribution in [0.5, 0.6) is 0 Å². The first kappa shape index (κ1) is 32.0. The Morgan fingerprint density at radius 1 is 0.812 bits per heavy atom. The van der Waals surface area contributed by atoms with Crippen molar-refractivity contribution in [2.24, 2.45) is 0 Å². The Kier molecular flexibility index (Phi) is 22.8. The Labute approximate surface area is 204 Å². The number of rotatable bonds is 24. The summed E-state index contributed by atoms with van der Waals surface area (Å²) >= 11 is 4.81. The molecule has 0 aromatic carbocycles. The van der Waals surface area contributed by atoms with Crippen LogP contribution >= 0.6 is 6.72 Å². The van der Waals surface area contributed by atoms with Crippen molar-refractivity contribution in [3.8, 4) is 0 Å². The Morgan fingerprint density at radius 2 is 1.28 bits per heavy atom. The normalized spacial score (nSPS) is 13.4. The van der Waals surface area contributed by atoms with Crippen LogP contribution in [0.4, 0.5) is 0 Å². The van der Waals surface area contributed by atoms with Crippen LogP contribution in [0.2, 0.25) is 0 Å². The lowest BCUT2D eigenvalue weighted by atomic mass is 10.0. The van der Waals surface area contributed by atoms with Gasteiger partial charge in [-0.25, -0.2) is 0 Å². The molecule has 0 aliphatic carbocycles. The van der Waals surface area contributed by atoms with Crippen molar-refractivity contribution in [3.63, 3.8) is 0 Å². The first-order valence-electron chi connectivity index (χ1n) is 13.3. The van der Waals surface area contributed by atoms with Crippen molar-refractivity contribution < 1.29 is 18.7 Å². The number of nitrogens with one attached hydrogen (secondary N) is 1. The van der Waals surface area contributed by atoms with Crippen molar-refractivity contribution in [1.82, 2.24) is 5.32 Å². The molecule has 1 unspecified atom stereocenters. The molecule has 0 aromatic rings. The molecule has 32 heavy (non-hydrogen) atoms. The Bertz CT molecular complexity index is 477. The van der Waals surface area contributed by atoms with Gasteiger partial charge in [-0.2, -0.15) is 0 Å². The second-order valence-corrected chi connectivity index (χ2v) is 11.9. The van der Waals surface area contributed by atoms with Crippen molar-refractivity contribution in [2.75, 3.05) is 13.2 Å². The molecule has 0 fully saturated rings. The molecule has 0 heterocycles. The highest BCUT2D eigenvalue weighted by Crippen LogP contribution is 2.40. The molecule has 0 rings (SSSR count). The molecule has 5 nitrogen and oxygen atoms in total. The van der Waals surface area contributed by atoms with Crippen LogP contribution in [-0.2, 0) is 25.6 Å². The van der Waals surface area contributed by atoms with Crippen LogP contribution in [-0.4, -0.2) is 25.2 Å². The topological polar surface area (TPSA) is 70.6 Å². The largest absolute Gasteiger partial charge is 0.780 e. The van der Waals surface area contributed by atoms with Gasteiger partial charge < -0.3 is 19.3 Å². The maximum absolute atomic E-state index is 11.9. The van der Waals surface area contributed by atoms with Crippen LogP contribution < -0.4 is 10.2 Å². The molecule has 1 atom stereocenters. The molecule has 1 amide bonds. The zero-order valence-electron chi connectivity index (χ0n) is 21.2. The first-order valence-corrected chi connectivity index (χ1v) is 15.8. The molecule has 1 N–H and O–H groups in total. The van der Waals surface area contributed by atoms with Gasteiger partial charge in [0.1, 0.15) is 6.72 Å². The average Bonchev–Trinajstić information content (AvgIpc) is 2.72. The molecule has 0 aliphatic heterocycles. The predicted molar refractivity (Wildman–Crippen MR) is 138 cm³/mol. The number of unbranched alkanes of at least 4 members (excludes halogenated alkanes) is 15. The average molecular weight is 493 g/mol. The number of hydrogen-bond donors (Lipinski definition) is 1. The van der Waals surface area contributed by atoms with Gasteiger partial charge in [0.15, 0.2) is 0 Å². The first-order chi connectivity index (χ1) is 15.4. The zero-order valence-corrected chi connectivity index (χ0v) is 22.9. The maximum Gasteiger partial charge on any atom is 0.219 e. The van der Waals surface area contributed by atoms with Crippen LogP contribution in [0.15, 0.2) is 0 Å². The predicted octanol–water partition coefficient (Wildman–Crippen LogP) is 7.17. The molecule has 0 aromatic heterocycles. The quantitative estimate of drug-likeness (QED) is 0.114. The van der Waals surface area contributed by atoms with E-state index in [0.29, 0.717) is 13.0 Å². The van der Waals surface area contributed by atoms with Gasteiger partial charge in [0.05, 0.1) is 12.7 Å². The van der Waals surface area contributed by atoms with Gasteiger partial charge >= 0.3 is 0 Å². The lowest BCUT2D eigenvalue weighted by molar-refractivity contribution is -0.209. The minimum absolute atomic E-state index is 0.123. The SMILES string of the molecule is CCCCCCCCCCCCCCCCNC(=O)CCCCCOP([O-])(=S)OC(C)C. The third-order valence-electron chi connectivity index (χ3n) is 5.49. The minimum Gasteiger partial charge on any atom is -0.780 e. The van der Waals surface area contributed by atoms with Gasteiger partial charge in [-0.3, -0.25) is 4.79 Å². The van der Waals surface area contributed by atoms with Gasteiger partial charge in [-0.15, -0.1) is 0 Å².